The normalized spacial score (nSPS) is 14.5. The lowest BCUT2D eigenvalue weighted by atomic mass is 9.60. The zero-order valence-corrected chi connectivity index (χ0v) is 31.0. The average Bonchev–Trinajstić information content (AvgIpc) is 3.31. The van der Waals surface area contributed by atoms with Gasteiger partial charge >= 0.3 is 0 Å². The van der Waals surface area contributed by atoms with Gasteiger partial charge in [-0.3, -0.25) is 0 Å². The van der Waals surface area contributed by atoms with Gasteiger partial charge in [-0.2, -0.15) is 5.26 Å². The second kappa shape index (κ2) is 13.7. The van der Waals surface area contributed by atoms with Gasteiger partial charge in [-0.05, 0) is 57.6 Å². The second-order valence-electron chi connectivity index (χ2n) is 14.6. The first-order valence-corrected chi connectivity index (χ1v) is 19.2. The van der Waals surface area contributed by atoms with Gasteiger partial charge in [-0.15, -0.1) is 0 Å². The van der Waals surface area contributed by atoms with E-state index in [1.807, 2.05) is 127 Å². The molecule has 7 heteroatoms. The summed E-state index contributed by atoms with van der Waals surface area (Å²) in [6.45, 7) is 0. The van der Waals surface area contributed by atoms with E-state index in [9.17, 15) is 5.26 Å². The van der Waals surface area contributed by atoms with E-state index in [1.54, 1.807) is 0 Å². The molecule has 3 aliphatic carbocycles. The average molecular weight is 742 g/mol. The number of nitriles is 1. The van der Waals surface area contributed by atoms with E-state index in [0.29, 0.717) is 40.5 Å². The highest BCUT2D eigenvalue weighted by Gasteiger charge is 2.42. The minimum atomic E-state index is -0.102. The van der Waals surface area contributed by atoms with Crippen molar-refractivity contribution in [1.82, 2.24) is 29.9 Å². The van der Waals surface area contributed by atoms with Crippen molar-refractivity contribution in [2.24, 2.45) is 0 Å². The van der Waals surface area contributed by atoms with Crippen LogP contribution < -0.4 is 0 Å². The maximum Gasteiger partial charge on any atom is 0.164 e. The van der Waals surface area contributed by atoms with Crippen LogP contribution in [0.25, 0.3) is 68.3 Å². The first kappa shape index (κ1) is 33.4. The maximum absolute atomic E-state index is 10.0. The van der Waals surface area contributed by atoms with Crippen molar-refractivity contribution in [2.45, 2.75) is 11.8 Å². The van der Waals surface area contributed by atoms with Gasteiger partial charge in [0.15, 0.2) is 34.9 Å². The van der Waals surface area contributed by atoms with Crippen LogP contribution >= 0.6 is 0 Å². The Kier molecular flexibility index (Phi) is 7.86. The van der Waals surface area contributed by atoms with Crippen LogP contribution in [-0.2, 0) is 0 Å². The lowest BCUT2D eigenvalue weighted by Crippen LogP contribution is -2.27. The molecular weight excluding hydrogens is 711 g/mol. The molecule has 0 saturated carbocycles. The van der Waals surface area contributed by atoms with Crippen LogP contribution in [0.1, 0.15) is 50.8 Å². The van der Waals surface area contributed by atoms with Gasteiger partial charge < -0.3 is 0 Å². The molecule has 2 aromatic heterocycles. The smallest absolute Gasteiger partial charge is 0.164 e. The van der Waals surface area contributed by atoms with Crippen LogP contribution in [0.4, 0.5) is 0 Å². The lowest BCUT2D eigenvalue weighted by Gasteiger charge is -2.42. The topological polar surface area (TPSA) is 101 Å². The predicted molar refractivity (Wildman–Crippen MR) is 225 cm³/mol. The number of hydrogen-bond donors (Lipinski definition) is 0. The third-order valence-electron chi connectivity index (χ3n) is 11.2. The summed E-state index contributed by atoms with van der Waals surface area (Å²) < 4.78 is 0. The van der Waals surface area contributed by atoms with Gasteiger partial charge in [-0.1, -0.05) is 152 Å². The molecule has 7 nitrogen and oxygen atoms in total. The molecule has 2 bridgehead atoms. The van der Waals surface area contributed by atoms with E-state index >= 15 is 0 Å². The minimum absolute atomic E-state index is 0.0612. The zero-order chi connectivity index (χ0) is 38.6. The third-order valence-corrected chi connectivity index (χ3v) is 11.2. The van der Waals surface area contributed by atoms with Gasteiger partial charge in [0.2, 0.25) is 0 Å². The molecule has 0 N–H and O–H groups in total. The fourth-order valence-electron chi connectivity index (χ4n) is 8.49. The van der Waals surface area contributed by atoms with Crippen LogP contribution in [0, 0.1) is 11.3 Å². The SMILES string of the molecule is N#Cc1ccc2c(c1)C1c3ccc(-c4nc(-c5ccccc5)nc(-c5ccccc5)n4)cc3C2c2ccc(-c3nc(-c4ccccc4)nc(-c4ccccc4)n3)cc21. The summed E-state index contributed by atoms with van der Waals surface area (Å²) in [7, 11) is 0. The van der Waals surface area contributed by atoms with E-state index in [-0.39, 0.29) is 11.8 Å². The van der Waals surface area contributed by atoms with Crippen molar-refractivity contribution in [2.75, 3.05) is 0 Å². The number of nitrogens with zero attached hydrogens (tertiary/aromatic N) is 7. The minimum Gasteiger partial charge on any atom is -0.208 e. The highest BCUT2D eigenvalue weighted by atomic mass is 15.0. The highest BCUT2D eigenvalue weighted by Crippen LogP contribution is 2.57. The summed E-state index contributed by atoms with van der Waals surface area (Å²) in [5, 5.41) is 10.0. The zero-order valence-electron chi connectivity index (χ0n) is 31.0. The van der Waals surface area contributed by atoms with Crippen molar-refractivity contribution in [3.8, 4) is 74.4 Å². The van der Waals surface area contributed by atoms with Gasteiger partial charge in [0, 0.05) is 45.2 Å². The highest BCUT2D eigenvalue weighted by molar-refractivity contribution is 5.76. The first-order valence-electron chi connectivity index (χ1n) is 19.2. The number of rotatable bonds is 6. The molecule has 270 valence electrons. The molecule has 0 radical (unpaired) electrons. The molecule has 2 heterocycles. The van der Waals surface area contributed by atoms with Crippen molar-refractivity contribution in [3.63, 3.8) is 0 Å². The summed E-state index contributed by atoms with van der Waals surface area (Å²) in [5.74, 6) is 3.55. The molecule has 2 atom stereocenters. The second-order valence-corrected chi connectivity index (χ2v) is 14.6. The lowest BCUT2D eigenvalue weighted by molar-refractivity contribution is 0.754. The van der Waals surface area contributed by atoms with Gasteiger partial charge in [0.05, 0.1) is 11.6 Å². The fraction of sp³-hybridized carbons (Fsp3) is 0.0392. The van der Waals surface area contributed by atoms with Crippen LogP contribution in [0.2, 0.25) is 0 Å². The Morgan fingerprint density at radius 3 is 0.931 bits per heavy atom. The Hall–Kier alpha value is -7.95. The van der Waals surface area contributed by atoms with Crippen LogP contribution in [-0.4, -0.2) is 29.9 Å². The Morgan fingerprint density at radius 1 is 0.293 bits per heavy atom. The molecule has 0 aliphatic heterocycles. The van der Waals surface area contributed by atoms with E-state index in [4.69, 9.17) is 29.9 Å². The number of hydrogen-bond acceptors (Lipinski definition) is 7. The number of benzene rings is 7. The molecule has 7 aromatic carbocycles. The predicted octanol–water partition coefficient (Wildman–Crippen LogP) is 10.9. The van der Waals surface area contributed by atoms with Crippen molar-refractivity contribution < 1.29 is 0 Å². The largest absolute Gasteiger partial charge is 0.208 e. The van der Waals surface area contributed by atoms with Gasteiger partial charge in [0.25, 0.3) is 0 Å². The summed E-state index contributed by atoms with van der Waals surface area (Å²) in [5.41, 5.74) is 13.4. The first-order chi connectivity index (χ1) is 28.7. The monoisotopic (exact) mass is 741 g/mol. The van der Waals surface area contributed by atoms with E-state index in [1.165, 1.54) is 27.8 Å². The fourth-order valence-corrected chi connectivity index (χ4v) is 8.49. The van der Waals surface area contributed by atoms with Crippen molar-refractivity contribution in [1.29, 1.82) is 5.26 Å². The van der Waals surface area contributed by atoms with Crippen molar-refractivity contribution in [3.05, 3.63) is 215 Å². The molecule has 12 rings (SSSR count). The van der Waals surface area contributed by atoms with Crippen LogP contribution in [0.5, 0.6) is 0 Å². The number of aromatic nitrogens is 6. The van der Waals surface area contributed by atoms with Crippen LogP contribution in [0.3, 0.4) is 0 Å². The van der Waals surface area contributed by atoms with E-state index in [0.717, 1.165) is 38.9 Å². The van der Waals surface area contributed by atoms with E-state index < -0.39 is 0 Å². The van der Waals surface area contributed by atoms with Crippen LogP contribution in [0.15, 0.2) is 176 Å². The summed E-state index contributed by atoms with van der Waals surface area (Å²) >= 11 is 0. The summed E-state index contributed by atoms with van der Waals surface area (Å²) in [6.07, 6.45) is 0. The molecule has 58 heavy (non-hydrogen) atoms. The molecule has 0 spiro atoms. The molecule has 0 fully saturated rings. The van der Waals surface area contributed by atoms with Gasteiger partial charge in [-0.25, -0.2) is 29.9 Å². The molecule has 3 aliphatic rings. The molecule has 9 aromatic rings. The molecule has 2 unspecified atom stereocenters. The molecule has 0 amide bonds. The van der Waals surface area contributed by atoms with E-state index in [2.05, 4.69) is 54.6 Å². The Labute approximate surface area is 335 Å². The van der Waals surface area contributed by atoms with Gasteiger partial charge in [0.1, 0.15) is 0 Å². The Balaban J connectivity index is 1.06. The maximum atomic E-state index is 10.0. The Bertz CT molecular complexity index is 2960. The summed E-state index contributed by atoms with van der Waals surface area (Å²) in [4.78, 5) is 30.0. The Morgan fingerprint density at radius 2 is 0.586 bits per heavy atom. The molecular formula is C51H31N7. The quantitative estimate of drug-likeness (QED) is 0.167. The third kappa shape index (κ3) is 5.66. The summed E-state index contributed by atoms with van der Waals surface area (Å²) in [6, 6.07) is 61.9. The molecule has 0 saturated heterocycles. The van der Waals surface area contributed by atoms with Crippen molar-refractivity contribution >= 4 is 0 Å². The standard InChI is InChI=1S/C51H31N7/c52-30-31-21-24-38-41(27-31)45-40-26-23-36(50-55-46(32-13-5-1-6-14-32)53-47(56-50)33-15-7-2-8-16-33)28-42(40)44(38)39-25-22-37(29-43(39)45)51-57-48(34-17-9-3-10-18-34)54-49(58-51)35-19-11-4-12-20-35/h1-29,44-45H.